The van der Waals surface area contributed by atoms with Gasteiger partial charge in [-0.05, 0) is 31.7 Å². The first-order valence-corrected chi connectivity index (χ1v) is 7.69. The number of aromatic amines is 1. The van der Waals surface area contributed by atoms with Gasteiger partial charge in [-0.2, -0.15) is 4.98 Å². The highest BCUT2D eigenvalue weighted by Crippen LogP contribution is 2.19. The van der Waals surface area contributed by atoms with Crippen LogP contribution in [0.15, 0.2) is 0 Å². The van der Waals surface area contributed by atoms with Crippen molar-refractivity contribution in [3.05, 3.63) is 5.82 Å². The minimum absolute atomic E-state index is 0.684. The van der Waals surface area contributed by atoms with E-state index in [1.54, 1.807) is 0 Å². The molecule has 2 rings (SSSR count). The lowest BCUT2D eigenvalue weighted by Crippen LogP contribution is -2.36. The molecule has 1 saturated heterocycles. The summed E-state index contributed by atoms with van der Waals surface area (Å²) in [5.41, 5.74) is 5.72. The number of hydrogen-bond donors (Lipinski definition) is 2. The fraction of sp³-hybridized carbons (Fsp3) is 0.857. The molecule has 0 amide bonds. The Bertz CT molecular complexity index is 354. The fourth-order valence-electron chi connectivity index (χ4n) is 2.63. The number of piperidine rings is 1. The van der Waals surface area contributed by atoms with Gasteiger partial charge in [-0.15, -0.1) is 5.10 Å². The van der Waals surface area contributed by atoms with Crippen molar-refractivity contribution in [2.75, 3.05) is 24.5 Å². The van der Waals surface area contributed by atoms with E-state index in [4.69, 9.17) is 5.73 Å². The topological polar surface area (TPSA) is 70.8 Å². The molecule has 0 unspecified atom stereocenters. The smallest absolute Gasteiger partial charge is 0.244 e. The van der Waals surface area contributed by atoms with Crippen LogP contribution in [-0.4, -0.2) is 34.8 Å². The van der Waals surface area contributed by atoms with Gasteiger partial charge >= 0.3 is 0 Å². The van der Waals surface area contributed by atoms with Crippen molar-refractivity contribution in [1.82, 2.24) is 15.2 Å². The zero-order chi connectivity index (χ0) is 13.5. The van der Waals surface area contributed by atoms with Crippen molar-refractivity contribution in [2.45, 2.75) is 51.9 Å². The number of H-pyrrole nitrogens is 1. The van der Waals surface area contributed by atoms with Crippen molar-refractivity contribution in [3.8, 4) is 0 Å². The normalized spacial score (nSPS) is 17.1. The highest BCUT2D eigenvalue weighted by atomic mass is 15.4. The van der Waals surface area contributed by atoms with Crippen LogP contribution in [0.1, 0.15) is 51.3 Å². The van der Waals surface area contributed by atoms with Gasteiger partial charge in [0, 0.05) is 19.5 Å². The Morgan fingerprint density at radius 2 is 2.05 bits per heavy atom. The first-order chi connectivity index (χ1) is 9.33. The van der Waals surface area contributed by atoms with E-state index in [0.717, 1.165) is 50.7 Å². The highest BCUT2D eigenvalue weighted by Gasteiger charge is 2.20. The zero-order valence-electron chi connectivity index (χ0n) is 12.1. The van der Waals surface area contributed by atoms with Crippen molar-refractivity contribution in [3.63, 3.8) is 0 Å². The molecular weight excluding hydrogens is 238 g/mol. The fourth-order valence-corrected chi connectivity index (χ4v) is 2.63. The number of nitrogens with one attached hydrogen (secondary N) is 1. The van der Waals surface area contributed by atoms with Crippen molar-refractivity contribution >= 4 is 5.95 Å². The molecule has 0 radical (unpaired) electrons. The lowest BCUT2D eigenvalue weighted by molar-refractivity contribution is 0.411. The van der Waals surface area contributed by atoms with E-state index in [1.807, 2.05) is 0 Å². The van der Waals surface area contributed by atoms with E-state index in [2.05, 4.69) is 27.0 Å². The Labute approximate surface area is 116 Å². The van der Waals surface area contributed by atoms with Crippen LogP contribution in [0.4, 0.5) is 5.95 Å². The third-order valence-electron chi connectivity index (χ3n) is 4.02. The van der Waals surface area contributed by atoms with E-state index in [9.17, 15) is 0 Å². The molecule has 0 aromatic carbocycles. The summed E-state index contributed by atoms with van der Waals surface area (Å²) in [5.74, 6) is 2.59. The van der Waals surface area contributed by atoms with Crippen LogP contribution < -0.4 is 10.6 Å². The van der Waals surface area contributed by atoms with Gasteiger partial charge < -0.3 is 10.6 Å². The van der Waals surface area contributed by atoms with E-state index in [1.165, 1.54) is 25.7 Å². The van der Waals surface area contributed by atoms with Crippen LogP contribution >= 0.6 is 0 Å². The lowest BCUT2D eigenvalue weighted by Gasteiger charge is -2.30. The predicted molar refractivity (Wildman–Crippen MR) is 78.2 cm³/mol. The van der Waals surface area contributed by atoms with Gasteiger partial charge in [-0.25, -0.2) is 0 Å². The molecule has 1 fully saturated rings. The van der Waals surface area contributed by atoms with Crippen LogP contribution in [0.2, 0.25) is 0 Å². The summed E-state index contributed by atoms with van der Waals surface area (Å²) in [4.78, 5) is 6.89. The lowest BCUT2D eigenvalue weighted by atomic mass is 9.97. The second-order valence-corrected chi connectivity index (χ2v) is 5.56. The molecule has 3 N–H and O–H groups in total. The van der Waals surface area contributed by atoms with Gasteiger partial charge in [0.1, 0.15) is 5.82 Å². The first-order valence-electron chi connectivity index (χ1n) is 7.69. The van der Waals surface area contributed by atoms with Gasteiger partial charge in [0.05, 0.1) is 0 Å². The minimum Gasteiger partial charge on any atom is -0.340 e. The van der Waals surface area contributed by atoms with Crippen LogP contribution in [-0.2, 0) is 6.42 Å². The Balaban J connectivity index is 1.77. The van der Waals surface area contributed by atoms with E-state index in [-0.39, 0.29) is 0 Å². The molecular formula is C14H27N5. The maximum atomic E-state index is 5.72. The van der Waals surface area contributed by atoms with Crippen LogP contribution in [0.3, 0.4) is 0 Å². The SMILES string of the molecule is CCCCCCc1nc(N2CCC(CN)CC2)n[nH]1. The van der Waals surface area contributed by atoms with Crippen molar-refractivity contribution in [2.24, 2.45) is 11.7 Å². The third kappa shape index (κ3) is 4.20. The van der Waals surface area contributed by atoms with E-state index < -0.39 is 0 Å². The Morgan fingerprint density at radius 1 is 1.26 bits per heavy atom. The molecule has 108 valence electrons. The number of nitrogens with two attached hydrogens (primary N) is 1. The number of rotatable bonds is 7. The van der Waals surface area contributed by atoms with E-state index in [0.29, 0.717) is 5.92 Å². The molecule has 0 bridgehead atoms. The monoisotopic (exact) mass is 265 g/mol. The number of hydrogen-bond acceptors (Lipinski definition) is 4. The number of nitrogens with zero attached hydrogens (tertiary/aromatic N) is 3. The van der Waals surface area contributed by atoms with E-state index >= 15 is 0 Å². The number of anilines is 1. The third-order valence-corrected chi connectivity index (χ3v) is 4.02. The predicted octanol–water partition coefficient (Wildman–Crippen LogP) is 2.10. The van der Waals surface area contributed by atoms with Gasteiger partial charge in [0.2, 0.25) is 5.95 Å². The Kier molecular flexibility index (Phi) is 5.63. The summed E-state index contributed by atoms with van der Waals surface area (Å²) in [6.45, 7) is 5.12. The molecule has 0 aliphatic carbocycles. The molecule has 1 aromatic rings. The van der Waals surface area contributed by atoms with Crippen LogP contribution in [0.5, 0.6) is 0 Å². The zero-order valence-corrected chi connectivity index (χ0v) is 12.1. The molecule has 0 saturated carbocycles. The average molecular weight is 265 g/mol. The molecule has 5 nitrogen and oxygen atoms in total. The quantitative estimate of drug-likeness (QED) is 0.741. The standard InChI is InChI=1S/C14H27N5/c1-2-3-4-5-6-13-16-14(18-17-13)19-9-7-12(11-15)8-10-19/h12H,2-11,15H2,1H3,(H,16,17,18). The molecule has 0 spiro atoms. The number of aromatic nitrogens is 3. The molecule has 5 heteroatoms. The van der Waals surface area contributed by atoms with Gasteiger partial charge in [0.25, 0.3) is 0 Å². The van der Waals surface area contributed by atoms with Crippen LogP contribution in [0, 0.1) is 5.92 Å². The Morgan fingerprint density at radius 3 is 2.74 bits per heavy atom. The van der Waals surface area contributed by atoms with Gasteiger partial charge in [0.15, 0.2) is 0 Å². The first kappa shape index (κ1) is 14.3. The minimum atomic E-state index is 0.684. The molecule has 1 aromatic heterocycles. The molecule has 2 heterocycles. The summed E-state index contributed by atoms with van der Waals surface area (Å²) in [6.07, 6.45) is 8.43. The highest BCUT2D eigenvalue weighted by molar-refractivity contribution is 5.29. The molecule has 1 aliphatic heterocycles. The average Bonchev–Trinajstić information content (AvgIpc) is 2.92. The van der Waals surface area contributed by atoms with Crippen molar-refractivity contribution < 1.29 is 0 Å². The maximum absolute atomic E-state index is 5.72. The molecule has 1 aliphatic rings. The van der Waals surface area contributed by atoms with Gasteiger partial charge in [-0.1, -0.05) is 26.2 Å². The second kappa shape index (κ2) is 7.48. The summed E-state index contributed by atoms with van der Waals surface area (Å²) in [7, 11) is 0. The summed E-state index contributed by atoms with van der Waals surface area (Å²) >= 11 is 0. The van der Waals surface area contributed by atoms with Crippen LogP contribution in [0.25, 0.3) is 0 Å². The second-order valence-electron chi connectivity index (χ2n) is 5.56. The van der Waals surface area contributed by atoms with Gasteiger partial charge in [-0.3, -0.25) is 5.10 Å². The maximum Gasteiger partial charge on any atom is 0.244 e. The molecule has 19 heavy (non-hydrogen) atoms. The summed E-state index contributed by atoms with van der Waals surface area (Å²) in [5, 5.41) is 7.43. The summed E-state index contributed by atoms with van der Waals surface area (Å²) in [6, 6.07) is 0. The number of unbranched alkanes of at least 4 members (excludes halogenated alkanes) is 3. The molecule has 0 atom stereocenters. The van der Waals surface area contributed by atoms with Crippen molar-refractivity contribution in [1.29, 1.82) is 0 Å². The summed E-state index contributed by atoms with van der Waals surface area (Å²) < 4.78 is 0. The Hall–Kier alpha value is -1.10. The largest absolute Gasteiger partial charge is 0.340 e. The number of aryl methyl sites for hydroxylation is 1.